The number of hydrogen-bond donors (Lipinski definition) is 1. The van der Waals surface area contributed by atoms with Gasteiger partial charge in [0, 0.05) is 11.4 Å². The quantitative estimate of drug-likeness (QED) is 0.884. The van der Waals surface area contributed by atoms with E-state index in [1.807, 2.05) is 12.1 Å². The van der Waals surface area contributed by atoms with Crippen LogP contribution in [-0.2, 0) is 0 Å². The van der Waals surface area contributed by atoms with Crippen molar-refractivity contribution >= 4 is 10.8 Å². The fraction of sp³-hybridized carbons (Fsp3) is 0.375. The Balaban J connectivity index is 2.59. The van der Waals surface area contributed by atoms with Crippen LogP contribution in [0.4, 0.5) is 0 Å². The summed E-state index contributed by atoms with van der Waals surface area (Å²) >= 11 is 0. The molecule has 2 nitrogen and oxygen atoms in total. The summed E-state index contributed by atoms with van der Waals surface area (Å²) in [6.07, 6.45) is 1.08. The van der Waals surface area contributed by atoms with Crippen molar-refractivity contribution in [1.82, 2.24) is 0 Å². The lowest BCUT2D eigenvalue weighted by Gasteiger charge is -2.21. The molecule has 0 aliphatic carbocycles. The Morgan fingerprint density at radius 3 is 2.39 bits per heavy atom. The largest absolute Gasteiger partial charge is 0.496 e. The third kappa shape index (κ3) is 2.21. The number of fused-ring (bicyclic) bond motifs is 1. The number of hydrogen-bond acceptors (Lipinski definition) is 2. The first-order valence-electron chi connectivity index (χ1n) is 6.50. The van der Waals surface area contributed by atoms with Crippen LogP contribution in [0.2, 0.25) is 0 Å². The average molecular weight is 243 g/mol. The molecule has 2 unspecified atom stereocenters. The van der Waals surface area contributed by atoms with E-state index in [-0.39, 0.29) is 6.04 Å². The molecule has 2 heteroatoms. The zero-order valence-electron chi connectivity index (χ0n) is 11.3. The van der Waals surface area contributed by atoms with Crippen LogP contribution in [-0.4, -0.2) is 7.11 Å². The van der Waals surface area contributed by atoms with Gasteiger partial charge in [0.1, 0.15) is 5.75 Å². The Bertz CT molecular complexity index is 536. The van der Waals surface area contributed by atoms with Gasteiger partial charge in [-0.2, -0.15) is 0 Å². The Morgan fingerprint density at radius 2 is 1.78 bits per heavy atom. The van der Waals surface area contributed by atoms with Crippen molar-refractivity contribution in [2.24, 2.45) is 11.7 Å². The predicted octanol–water partition coefficient (Wildman–Crippen LogP) is 3.89. The van der Waals surface area contributed by atoms with Crippen molar-refractivity contribution in [1.29, 1.82) is 0 Å². The van der Waals surface area contributed by atoms with Crippen LogP contribution in [0, 0.1) is 5.92 Å². The molecule has 0 saturated carbocycles. The molecule has 0 radical (unpaired) electrons. The molecule has 0 heterocycles. The van der Waals surface area contributed by atoms with Crippen LogP contribution in [0.15, 0.2) is 36.4 Å². The van der Waals surface area contributed by atoms with E-state index in [1.165, 1.54) is 10.9 Å². The summed E-state index contributed by atoms with van der Waals surface area (Å²) in [7, 11) is 1.70. The highest BCUT2D eigenvalue weighted by Gasteiger charge is 2.16. The Morgan fingerprint density at radius 1 is 1.11 bits per heavy atom. The van der Waals surface area contributed by atoms with Crippen molar-refractivity contribution in [3.63, 3.8) is 0 Å². The van der Waals surface area contributed by atoms with Crippen LogP contribution in [0.1, 0.15) is 31.9 Å². The van der Waals surface area contributed by atoms with Crippen molar-refractivity contribution in [3.8, 4) is 5.75 Å². The lowest BCUT2D eigenvalue weighted by Crippen LogP contribution is -2.18. The molecule has 0 bridgehead atoms. The minimum Gasteiger partial charge on any atom is -0.496 e. The molecule has 0 aliphatic rings. The summed E-state index contributed by atoms with van der Waals surface area (Å²) < 4.78 is 5.41. The summed E-state index contributed by atoms with van der Waals surface area (Å²) in [5.74, 6) is 1.38. The molecule has 2 atom stereocenters. The van der Waals surface area contributed by atoms with Gasteiger partial charge in [-0.3, -0.25) is 0 Å². The van der Waals surface area contributed by atoms with Crippen molar-refractivity contribution < 1.29 is 4.74 Å². The monoisotopic (exact) mass is 243 g/mol. The van der Waals surface area contributed by atoms with Gasteiger partial charge in [-0.25, -0.2) is 0 Å². The average Bonchev–Trinajstić information content (AvgIpc) is 2.44. The van der Waals surface area contributed by atoms with Gasteiger partial charge in [0.2, 0.25) is 0 Å². The van der Waals surface area contributed by atoms with Gasteiger partial charge < -0.3 is 10.5 Å². The molecule has 0 fully saturated rings. The number of nitrogens with two attached hydrogens (primary N) is 1. The lowest BCUT2D eigenvalue weighted by atomic mass is 9.90. The van der Waals surface area contributed by atoms with Gasteiger partial charge in [-0.1, -0.05) is 50.6 Å². The normalized spacial score (nSPS) is 14.4. The van der Waals surface area contributed by atoms with E-state index in [1.54, 1.807) is 7.11 Å². The van der Waals surface area contributed by atoms with Crippen LogP contribution < -0.4 is 10.5 Å². The second kappa shape index (κ2) is 5.40. The van der Waals surface area contributed by atoms with Crippen LogP contribution in [0.5, 0.6) is 5.75 Å². The molecule has 0 spiro atoms. The van der Waals surface area contributed by atoms with Gasteiger partial charge >= 0.3 is 0 Å². The summed E-state index contributed by atoms with van der Waals surface area (Å²) in [5.41, 5.74) is 7.57. The Labute approximate surface area is 109 Å². The number of ether oxygens (including phenoxy) is 1. The first-order valence-corrected chi connectivity index (χ1v) is 6.50. The maximum atomic E-state index is 6.37. The number of rotatable bonds is 4. The van der Waals surface area contributed by atoms with Crippen LogP contribution in [0.25, 0.3) is 10.8 Å². The maximum Gasteiger partial charge on any atom is 0.126 e. The van der Waals surface area contributed by atoms with E-state index in [0.717, 1.165) is 17.6 Å². The second-order valence-corrected chi connectivity index (χ2v) is 4.81. The van der Waals surface area contributed by atoms with E-state index < -0.39 is 0 Å². The molecule has 18 heavy (non-hydrogen) atoms. The highest BCUT2D eigenvalue weighted by atomic mass is 16.5. The molecule has 2 aromatic rings. The van der Waals surface area contributed by atoms with E-state index in [9.17, 15) is 0 Å². The minimum absolute atomic E-state index is 0.0748. The fourth-order valence-corrected chi connectivity index (χ4v) is 2.32. The Hall–Kier alpha value is -1.54. The molecule has 2 N–H and O–H groups in total. The van der Waals surface area contributed by atoms with Gasteiger partial charge in [0.15, 0.2) is 0 Å². The van der Waals surface area contributed by atoms with Crippen LogP contribution in [0.3, 0.4) is 0 Å². The topological polar surface area (TPSA) is 35.2 Å². The zero-order valence-corrected chi connectivity index (χ0v) is 11.3. The standard InChI is InChI=1S/C16H21NO/c1-4-11(2)16(17)14-9-10-15(18-3)13-8-6-5-7-12(13)14/h5-11,16H,4,17H2,1-3H3. The van der Waals surface area contributed by atoms with E-state index in [2.05, 4.69) is 38.1 Å². The minimum atomic E-state index is 0.0748. The molecule has 0 aromatic heterocycles. The maximum absolute atomic E-state index is 6.37. The molecule has 2 rings (SSSR count). The second-order valence-electron chi connectivity index (χ2n) is 4.81. The van der Waals surface area contributed by atoms with Gasteiger partial charge in [0.05, 0.1) is 7.11 Å². The lowest BCUT2D eigenvalue weighted by molar-refractivity contribution is 0.419. The van der Waals surface area contributed by atoms with E-state index in [0.29, 0.717) is 5.92 Å². The summed E-state index contributed by atoms with van der Waals surface area (Å²) in [6, 6.07) is 12.5. The summed E-state index contributed by atoms with van der Waals surface area (Å²) in [5, 5.41) is 2.33. The molecule has 96 valence electrons. The first-order chi connectivity index (χ1) is 8.69. The molecule has 0 saturated heterocycles. The fourth-order valence-electron chi connectivity index (χ4n) is 2.32. The highest BCUT2D eigenvalue weighted by Crippen LogP contribution is 2.33. The third-order valence-electron chi connectivity index (χ3n) is 3.75. The summed E-state index contributed by atoms with van der Waals surface area (Å²) in [6.45, 7) is 4.37. The van der Waals surface area contributed by atoms with Gasteiger partial charge in [-0.05, 0) is 22.9 Å². The SMILES string of the molecule is CCC(C)C(N)c1ccc(OC)c2ccccc12. The number of methoxy groups -OCH3 is 1. The van der Waals surface area contributed by atoms with Gasteiger partial charge in [0.25, 0.3) is 0 Å². The number of benzene rings is 2. The first kappa shape index (κ1) is 12.9. The molecule has 0 amide bonds. The van der Waals surface area contributed by atoms with Crippen LogP contribution >= 0.6 is 0 Å². The highest BCUT2D eigenvalue weighted by molar-refractivity contribution is 5.91. The van der Waals surface area contributed by atoms with E-state index >= 15 is 0 Å². The zero-order chi connectivity index (χ0) is 13.1. The third-order valence-corrected chi connectivity index (χ3v) is 3.75. The van der Waals surface area contributed by atoms with E-state index in [4.69, 9.17) is 10.5 Å². The van der Waals surface area contributed by atoms with Crippen molar-refractivity contribution in [2.75, 3.05) is 7.11 Å². The smallest absolute Gasteiger partial charge is 0.126 e. The predicted molar refractivity (Wildman–Crippen MR) is 76.9 cm³/mol. The van der Waals surface area contributed by atoms with Crippen molar-refractivity contribution in [2.45, 2.75) is 26.3 Å². The molecule has 0 aliphatic heterocycles. The molecular formula is C16H21NO. The molecular weight excluding hydrogens is 222 g/mol. The molecule has 2 aromatic carbocycles. The van der Waals surface area contributed by atoms with Gasteiger partial charge in [-0.15, -0.1) is 0 Å². The Kier molecular flexibility index (Phi) is 3.87. The van der Waals surface area contributed by atoms with Crippen molar-refractivity contribution in [3.05, 3.63) is 42.0 Å². The summed E-state index contributed by atoms with van der Waals surface area (Å²) in [4.78, 5) is 0.